The lowest BCUT2D eigenvalue weighted by atomic mass is 9.43. The van der Waals surface area contributed by atoms with Crippen LogP contribution in [0.2, 0.25) is 0 Å². The molecule has 5 rings (SSSR count). The second-order valence-corrected chi connectivity index (χ2v) is 14.7. The molecule has 10 heteroatoms. The average Bonchev–Trinajstić information content (AvgIpc) is 3.15. The highest BCUT2D eigenvalue weighted by atomic mass is 16.7. The average molecular weight is 611 g/mol. The Morgan fingerprint density at radius 3 is 2.42 bits per heavy atom. The first-order valence-corrected chi connectivity index (χ1v) is 16.2. The number of allylic oxidation sites excluding steroid dienone is 2. The minimum atomic E-state index is -1.37. The maximum absolute atomic E-state index is 12.6. The monoisotopic (exact) mass is 610 g/mol. The Morgan fingerprint density at radius 2 is 1.74 bits per heavy atom. The molecule has 4 fully saturated rings. The summed E-state index contributed by atoms with van der Waals surface area (Å²) in [5.74, 6) is -0.944. The van der Waals surface area contributed by atoms with Crippen molar-refractivity contribution >= 4 is 0 Å². The van der Waals surface area contributed by atoms with Gasteiger partial charge in [-0.3, -0.25) is 0 Å². The van der Waals surface area contributed by atoms with Crippen LogP contribution < -0.4 is 0 Å². The minimum absolute atomic E-state index is 0.0503. The first kappa shape index (κ1) is 33.4. The van der Waals surface area contributed by atoms with Crippen LogP contribution in [0.3, 0.4) is 0 Å². The number of aliphatic hydroxyl groups is 7. The number of aliphatic hydroxyl groups excluding tert-OH is 6. The van der Waals surface area contributed by atoms with Gasteiger partial charge in [-0.15, -0.1) is 0 Å². The molecular weight excluding hydrogens is 556 g/mol. The maximum atomic E-state index is 12.6. The molecule has 5 aliphatic rings. The number of fused-ring (bicyclic) bond motifs is 5. The van der Waals surface area contributed by atoms with Crippen molar-refractivity contribution in [1.29, 1.82) is 0 Å². The third kappa shape index (κ3) is 5.47. The van der Waals surface area contributed by atoms with Crippen molar-refractivity contribution in [2.24, 2.45) is 40.4 Å². The first-order chi connectivity index (χ1) is 20.2. The third-order valence-electron chi connectivity index (χ3n) is 12.2. The normalized spacial score (nSPS) is 51.3. The molecule has 3 saturated carbocycles. The zero-order valence-electron chi connectivity index (χ0n) is 26.2. The van der Waals surface area contributed by atoms with Crippen LogP contribution in [-0.2, 0) is 14.2 Å². The van der Waals surface area contributed by atoms with E-state index in [1.807, 2.05) is 13.0 Å². The van der Waals surface area contributed by atoms with Gasteiger partial charge < -0.3 is 50.0 Å². The Kier molecular flexibility index (Phi) is 9.61. The van der Waals surface area contributed by atoms with Gasteiger partial charge in [-0.2, -0.15) is 0 Å². The highest BCUT2D eigenvalue weighted by Crippen LogP contribution is 2.69. The van der Waals surface area contributed by atoms with E-state index in [1.165, 1.54) is 7.11 Å². The van der Waals surface area contributed by atoms with Gasteiger partial charge in [0.2, 0.25) is 0 Å². The summed E-state index contributed by atoms with van der Waals surface area (Å²) in [6.07, 6.45) is 2.02. The summed E-state index contributed by atoms with van der Waals surface area (Å²) in [5, 5.41) is 76.8. The molecule has 1 heterocycles. The molecule has 0 amide bonds. The lowest BCUT2D eigenvalue weighted by molar-refractivity contribution is -0.285. The van der Waals surface area contributed by atoms with Gasteiger partial charge in [0.15, 0.2) is 6.29 Å². The molecule has 0 spiro atoms. The summed E-state index contributed by atoms with van der Waals surface area (Å²) in [5.41, 5.74) is -1.63. The van der Waals surface area contributed by atoms with E-state index < -0.39 is 71.4 Å². The molecule has 0 bridgehead atoms. The molecule has 0 aromatic heterocycles. The molecule has 43 heavy (non-hydrogen) atoms. The van der Waals surface area contributed by atoms with Gasteiger partial charge in [0, 0.05) is 26.1 Å². The van der Waals surface area contributed by atoms with E-state index in [-0.39, 0.29) is 43.3 Å². The minimum Gasteiger partial charge on any atom is -0.396 e. The molecule has 16 atom stereocenters. The summed E-state index contributed by atoms with van der Waals surface area (Å²) in [6.45, 7) is 8.31. The largest absolute Gasteiger partial charge is 0.396 e. The van der Waals surface area contributed by atoms with Gasteiger partial charge in [0.25, 0.3) is 0 Å². The van der Waals surface area contributed by atoms with Crippen molar-refractivity contribution in [1.82, 2.24) is 0 Å². The van der Waals surface area contributed by atoms with Crippen molar-refractivity contribution in [3.63, 3.8) is 0 Å². The van der Waals surface area contributed by atoms with Gasteiger partial charge in [0.05, 0.1) is 36.6 Å². The fraction of sp³-hybridized carbons (Fsp3) is 0.879. The Hall–Kier alpha value is -0.920. The number of rotatable bonds is 8. The summed E-state index contributed by atoms with van der Waals surface area (Å²) in [7, 11) is 1.43. The SMILES string of the molecule is CO[C@H]1[C@H](O[C@@H]2C=C3[C@H](O)C[C@@]4(O)[C@@H]5[C@@H](O)[C@H](O)[C@H]([C@H](C)/C=C/[C@H](C)CCO)[C@@]5(C)CC[C@@H]4[C@@]3(C)CC2)OC[C@@H](O)[C@@H]1O. The molecule has 7 N–H and O–H groups in total. The molecule has 1 saturated heterocycles. The van der Waals surface area contributed by atoms with Gasteiger partial charge in [-0.1, -0.05) is 45.9 Å². The number of ether oxygens (including phenoxy) is 3. The quantitative estimate of drug-likeness (QED) is 0.199. The molecule has 0 aromatic rings. The number of hydrogen-bond acceptors (Lipinski definition) is 10. The van der Waals surface area contributed by atoms with E-state index in [2.05, 4.69) is 32.9 Å². The van der Waals surface area contributed by atoms with E-state index >= 15 is 0 Å². The summed E-state index contributed by atoms with van der Waals surface area (Å²) < 4.78 is 17.2. The van der Waals surface area contributed by atoms with Crippen molar-refractivity contribution in [2.75, 3.05) is 20.3 Å². The second kappa shape index (κ2) is 12.4. The van der Waals surface area contributed by atoms with Crippen molar-refractivity contribution in [3.8, 4) is 0 Å². The van der Waals surface area contributed by atoms with Gasteiger partial charge in [-0.05, 0) is 72.2 Å². The molecule has 1 aliphatic heterocycles. The Balaban J connectivity index is 1.39. The fourth-order valence-electron chi connectivity index (χ4n) is 10.1. The summed E-state index contributed by atoms with van der Waals surface area (Å²) in [4.78, 5) is 0. The molecule has 246 valence electrons. The molecule has 4 aliphatic carbocycles. The van der Waals surface area contributed by atoms with Crippen LogP contribution >= 0.6 is 0 Å². The molecule has 0 aromatic carbocycles. The Bertz CT molecular complexity index is 1050. The van der Waals surface area contributed by atoms with E-state index in [9.17, 15) is 35.7 Å². The Morgan fingerprint density at radius 1 is 1.02 bits per heavy atom. The van der Waals surface area contributed by atoms with E-state index in [4.69, 9.17) is 14.2 Å². The maximum Gasteiger partial charge on any atom is 0.187 e. The van der Waals surface area contributed by atoms with Crippen molar-refractivity contribution in [3.05, 3.63) is 23.8 Å². The predicted molar refractivity (Wildman–Crippen MR) is 157 cm³/mol. The molecule has 0 unspecified atom stereocenters. The second-order valence-electron chi connectivity index (χ2n) is 14.7. The van der Waals surface area contributed by atoms with E-state index in [0.29, 0.717) is 25.7 Å². The lowest BCUT2D eigenvalue weighted by Crippen LogP contribution is -2.66. The van der Waals surface area contributed by atoms with E-state index in [1.54, 1.807) is 0 Å². The number of methoxy groups -OCH3 is 1. The Labute approximate surface area is 255 Å². The molecule has 0 radical (unpaired) electrons. The first-order valence-electron chi connectivity index (χ1n) is 16.2. The van der Waals surface area contributed by atoms with Gasteiger partial charge >= 0.3 is 0 Å². The van der Waals surface area contributed by atoms with Crippen LogP contribution in [0.1, 0.15) is 66.2 Å². The standard InChI is InChI=1S/C33H54O10/c1-17(10-13-34)6-7-18(2)24-26(38)27(39)29-32(24,4)12-9-23-31(3)11-8-19(14-20(31)21(35)15-33(23,29)40)43-30-28(41-5)25(37)22(36)16-42-30/h6-7,14,17-19,21-30,34-40H,8-13,15-16H2,1-5H3/b7-6+/t17-,18+,19-,21+,22+,23+,24-,25-,26+,27-,28+,29+,30-,31-,32+,33-/m0/s1. The van der Waals surface area contributed by atoms with Gasteiger partial charge in [0.1, 0.15) is 18.3 Å². The highest BCUT2D eigenvalue weighted by Gasteiger charge is 2.72. The predicted octanol–water partition coefficient (Wildman–Crippen LogP) is 1.28. The van der Waals surface area contributed by atoms with Crippen molar-refractivity contribution < 1.29 is 50.0 Å². The molecule has 10 nitrogen and oxygen atoms in total. The molecular formula is C33H54O10. The van der Waals surface area contributed by atoms with Crippen LogP contribution in [0.15, 0.2) is 23.8 Å². The zero-order chi connectivity index (χ0) is 31.5. The van der Waals surface area contributed by atoms with Crippen molar-refractivity contribution in [2.45, 2.75) is 121 Å². The third-order valence-corrected chi connectivity index (χ3v) is 12.2. The zero-order valence-corrected chi connectivity index (χ0v) is 26.2. The fourth-order valence-corrected chi connectivity index (χ4v) is 10.1. The topological polar surface area (TPSA) is 169 Å². The number of hydrogen-bond donors (Lipinski definition) is 7. The van der Waals surface area contributed by atoms with Crippen LogP contribution in [0.25, 0.3) is 0 Å². The van der Waals surface area contributed by atoms with Crippen LogP contribution in [0.5, 0.6) is 0 Å². The van der Waals surface area contributed by atoms with Crippen LogP contribution in [0.4, 0.5) is 0 Å². The lowest BCUT2D eigenvalue weighted by Gasteiger charge is -2.63. The smallest absolute Gasteiger partial charge is 0.187 e. The highest BCUT2D eigenvalue weighted by molar-refractivity contribution is 5.33. The van der Waals surface area contributed by atoms with Crippen LogP contribution in [-0.4, -0.2) is 111 Å². The summed E-state index contributed by atoms with van der Waals surface area (Å²) >= 11 is 0. The van der Waals surface area contributed by atoms with E-state index in [0.717, 1.165) is 12.0 Å². The van der Waals surface area contributed by atoms with Crippen LogP contribution in [0, 0.1) is 40.4 Å². The van der Waals surface area contributed by atoms with Gasteiger partial charge in [-0.25, -0.2) is 0 Å². The summed E-state index contributed by atoms with van der Waals surface area (Å²) in [6, 6.07) is 0.